The third-order valence-electron chi connectivity index (χ3n) is 1.62. The molecule has 0 aliphatic rings. The lowest BCUT2D eigenvalue weighted by Gasteiger charge is -2.02. The van der Waals surface area contributed by atoms with Crippen molar-refractivity contribution in [2.75, 3.05) is 0 Å². The van der Waals surface area contributed by atoms with Gasteiger partial charge in [0.15, 0.2) is 0 Å². The predicted octanol–water partition coefficient (Wildman–Crippen LogP) is 2.19. The van der Waals surface area contributed by atoms with Gasteiger partial charge >= 0.3 is 0 Å². The quantitative estimate of drug-likeness (QED) is 0.710. The van der Waals surface area contributed by atoms with Crippen molar-refractivity contribution in [1.82, 2.24) is 0 Å². The molecule has 0 aliphatic carbocycles. The monoisotopic (exact) mass is 202 g/mol. The van der Waals surface area contributed by atoms with Crippen LogP contribution in [-0.2, 0) is 10.1 Å². The lowest BCUT2D eigenvalue weighted by Crippen LogP contribution is -2.00. The van der Waals surface area contributed by atoms with Gasteiger partial charge in [-0.15, -0.1) is 0 Å². The normalized spacial score (nSPS) is 10.7. The van der Waals surface area contributed by atoms with Gasteiger partial charge in [0.05, 0.1) is 4.90 Å². The molecule has 1 N–H and O–H groups in total. The van der Waals surface area contributed by atoms with E-state index >= 15 is 0 Å². The van der Waals surface area contributed by atoms with Gasteiger partial charge in [-0.3, -0.25) is 4.55 Å². The van der Waals surface area contributed by atoms with Crippen molar-refractivity contribution in [1.29, 1.82) is 0 Å². The van der Waals surface area contributed by atoms with Crippen molar-refractivity contribution in [3.05, 3.63) is 29.3 Å². The number of aryl methyl sites for hydroxylation is 2. The van der Waals surface area contributed by atoms with E-state index in [9.17, 15) is 8.42 Å². The van der Waals surface area contributed by atoms with Gasteiger partial charge in [-0.1, -0.05) is 19.6 Å². The Morgan fingerprint density at radius 1 is 1.23 bits per heavy atom. The highest BCUT2D eigenvalue weighted by atomic mass is 32.2. The highest BCUT2D eigenvalue weighted by Crippen LogP contribution is 2.15. The highest BCUT2D eigenvalue weighted by Gasteiger charge is 2.11. The molecule has 0 atom stereocenters. The summed E-state index contributed by atoms with van der Waals surface area (Å²) >= 11 is 0. The first-order valence-corrected chi connectivity index (χ1v) is 4.90. The van der Waals surface area contributed by atoms with Crippen LogP contribution in [0.1, 0.15) is 18.6 Å². The predicted molar refractivity (Wildman–Crippen MR) is 52.5 cm³/mol. The van der Waals surface area contributed by atoms with Crippen LogP contribution in [0.15, 0.2) is 23.1 Å². The van der Waals surface area contributed by atoms with Crippen molar-refractivity contribution in [2.45, 2.75) is 26.2 Å². The smallest absolute Gasteiger partial charge is 0.282 e. The van der Waals surface area contributed by atoms with Crippen molar-refractivity contribution in [3.8, 4) is 0 Å². The molecule has 0 spiro atoms. The summed E-state index contributed by atoms with van der Waals surface area (Å²) in [5, 5.41) is 0. The average molecular weight is 202 g/mol. The lowest BCUT2D eigenvalue weighted by atomic mass is 10.2. The van der Waals surface area contributed by atoms with Gasteiger partial charge in [0.2, 0.25) is 0 Å². The Morgan fingerprint density at radius 2 is 1.77 bits per heavy atom. The summed E-state index contributed by atoms with van der Waals surface area (Å²) in [7, 11) is -4.06. The summed E-state index contributed by atoms with van der Waals surface area (Å²) < 4.78 is 30.3. The Hall–Kier alpha value is -0.870. The number of hydrogen-bond donors (Lipinski definition) is 1. The van der Waals surface area contributed by atoms with E-state index in [0.717, 1.165) is 5.56 Å². The SMILES string of the molecule is C.Cc1ccc(C)c(S(=O)(=O)O)c1. The fourth-order valence-corrected chi connectivity index (χ4v) is 1.79. The van der Waals surface area contributed by atoms with Crippen LogP contribution in [0.5, 0.6) is 0 Å². The van der Waals surface area contributed by atoms with Gasteiger partial charge in [-0.25, -0.2) is 0 Å². The molecule has 0 aromatic heterocycles. The van der Waals surface area contributed by atoms with E-state index in [-0.39, 0.29) is 12.3 Å². The first-order valence-electron chi connectivity index (χ1n) is 3.46. The topological polar surface area (TPSA) is 54.4 Å². The van der Waals surface area contributed by atoms with Crippen LogP contribution in [0.25, 0.3) is 0 Å². The number of hydrogen-bond acceptors (Lipinski definition) is 2. The minimum atomic E-state index is -4.06. The van der Waals surface area contributed by atoms with Crippen LogP contribution in [0.4, 0.5) is 0 Å². The van der Waals surface area contributed by atoms with Crippen LogP contribution >= 0.6 is 0 Å². The zero-order valence-electron chi connectivity index (χ0n) is 6.90. The Balaban J connectivity index is 0.00000144. The van der Waals surface area contributed by atoms with Crippen LogP contribution in [0.3, 0.4) is 0 Å². The van der Waals surface area contributed by atoms with E-state index in [2.05, 4.69) is 0 Å². The molecule has 0 unspecified atom stereocenters. The van der Waals surface area contributed by atoms with Gasteiger partial charge in [0.25, 0.3) is 10.1 Å². The maximum Gasteiger partial charge on any atom is 0.294 e. The summed E-state index contributed by atoms with van der Waals surface area (Å²) in [6, 6.07) is 4.91. The zero-order valence-corrected chi connectivity index (χ0v) is 7.72. The second-order valence-electron chi connectivity index (χ2n) is 2.74. The average Bonchev–Trinajstić information content (AvgIpc) is 1.92. The molecule has 0 saturated heterocycles. The summed E-state index contributed by atoms with van der Waals surface area (Å²) in [6.45, 7) is 3.41. The molecule has 0 radical (unpaired) electrons. The Kier molecular flexibility index (Phi) is 3.63. The van der Waals surface area contributed by atoms with E-state index in [0.29, 0.717) is 5.56 Å². The van der Waals surface area contributed by atoms with Crippen molar-refractivity contribution < 1.29 is 13.0 Å². The summed E-state index contributed by atoms with van der Waals surface area (Å²) in [4.78, 5) is -0.0116. The van der Waals surface area contributed by atoms with Crippen molar-refractivity contribution in [3.63, 3.8) is 0 Å². The first kappa shape index (κ1) is 12.1. The van der Waals surface area contributed by atoms with Crippen LogP contribution in [-0.4, -0.2) is 13.0 Å². The third kappa shape index (κ3) is 2.82. The van der Waals surface area contributed by atoms with Gasteiger partial charge < -0.3 is 0 Å². The summed E-state index contributed by atoms with van der Waals surface area (Å²) in [5.41, 5.74) is 1.37. The molecule has 13 heavy (non-hydrogen) atoms. The molecule has 1 aromatic rings. The molecule has 0 amide bonds. The van der Waals surface area contributed by atoms with E-state index in [1.165, 1.54) is 6.07 Å². The minimum Gasteiger partial charge on any atom is -0.282 e. The van der Waals surface area contributed by atoms with Gasteiger partial charge in [0.1, 0.15) is 0 Å². The molecule has 0 aliphatic heterocycles. The Labute approximate surface area is 79.2 Å². The minimum absolute atomic E-state index is 0. The van der Waals surface area contributed by atoms with Crippen molar-refractivity contribution >= 4 is 10.1 Å². The molecule has 1 rings (SSSR count). The molecule has 0 fully saturated rings. The first-order chi connectivity index (χ1) is 5.41. The van der Waals surface area contributed by atoms with Crippen molar-refractivity contribution in [2.24, 2.45) is 0 Å². The van der Waals surface area contributed by atoms with Crippen LogP contribution < -0.4 is 0 Å². The van der Waals surface area contributed by atoms with Gasteiger partial charge in [-0.2, -0.15) is 8.42 Å². The van der Waals surface area contributed by atoms with Gasteiger partial charge in [-0.05, 0) is 31.0 Å². The maximum atomic E-state index is 10.8. The highest BCUT2D eigenvalue weighted by molar-refractivity contribution is 7.85. The fraction of sp³-hybridized carbons (Fsp3) is 0.333. The third-order valence-corrected chi connectivity index (χ3v) is 2.62. The second kappa shape index (κ2) is 3.89. The molecule has 74 valence electrons. The molecular formula is C9H14O3S. The standard InChI is InChI=1S/C8H10O3S.CH4/c1-6-3-4-7(2)8(5-6)12(9,10)11;/h3-5H,1-2H3,(H,9,10,11);1H4. The summed E-state index contributed by atoms with van der Waals surface area (Å²) in [5.74, 6) is 0. The molecule has 4 heteroatoms. The van der Waals surface area contributed by atoms with E-state index in [1.807, 2.05) is 0 Å². The zero-order chi connectivity index (χ0) is 9.35. The number of rotatable bonds is 1. The van der Waals surface area contributed by atoms with E-state index < -0.39 is 10.1 Å². The second-order valence-corrected chi connectivity index (χ2v) is 4.13. The van der Waals surface area contributed by atoms with Gasteiger partial charge in [0, 0.05) is 0 Å². The fourth-order valence-electron chi connectivity index (χ4n) is 0.985. The molecule has 1 aromatic carbocycles. The maximum absolute atomic E-state index is 10.8. The molecule has 0 heterocycles. The van der Waals surface area contributed by atoms with E-state index in [1.54, 1.807) is 26.0 Å². The largest absolute Gasteiger partial charge is 0.294 e. The van der Waals surface area contributed by atoms with E-state index in [4.69, 9.17) is 4.55 Å². The Morgan fingerprint density at radius 3 is 2.15 bits per heavy atom. The Bertz CT molecular complexity index is 393. The molecule has 0 bridgehead atoms. The molecular weight excluding hydrogens is 188 g/mol. The molecule has 0 saturated carbocycles. The van der Waals surface area contributed by atoms with Crippen LogP contribution in [0, 0.1) is 13.8 Å². The molecule has 3 nitrogen and oxygen atoms in total. The summed E-state index contributed by atoms with van der Waals surface area (Å²) in [6.07, 6.45) is 0. The van der Waals surface area contributed by atoms with Crippen LogP contribution in [0.2, 0.25) is 0 Å². The number of benzene rings is 1. The lowest BCUT2D eigenvalue weighted by molar-refractivity contribution is 0.482.